The van der Waals surface area contributed by atoms with Gasteiger partial charge in [0.1, 0.15) is 6.04 Å². The predicted molar refractivity (Wildman–Crippen MR) is 124 cm³/mol. The summed E-state index contributed by atoms with van der Waals surface area (Å²) in [7, 11) is 3.25. The van der Waals surface area contributed by atoms with Crippen LogP contribution in [0.1, 0.15) is 47.1 Å². The molecule has 1 aliphatic carbocycles. The number of hydrogen-bond acceptors (Lipinski definition) is 5. The summed E-state index contributed by atoms with van der Waals surface area (Å²) in [6, 6.07) is 14.2. The molecule has 0 amide bonds. The maximum atomic E-state index is 13.7. The van der Waals surface area contributed by atoms with Gasteiger partial charge < -0.3 is 10.1 Å². The number of rotatable bonds is 6. The van der Waals surface area contributed by atoms with Crippen LogP contribution in [0.15, 0.2) is 52.3 Å². The molecule has 0 saturated heterocycles. The van der Waals surface area contributed by atoms with Crippen LogP contribution in [0.5, 0.6) is 0 Å². The molecule has 1 aromatic heterocycles. The van der Waals surface area contributed by atoms with Gasteiger partial charge in [0.2, 0.25) is 0 Å². The Kier molecular flexibility index (Phi) is 5.36. The van der Waals surface area contributed by atoms with Crippen molar-refractivity contribution in [1.82, 2.24) is 9.88 Å². The second kappa shape index (κ2) is 8.17. The average Bonchev–Trinajstić information content (AvgIpc) is 3.53. The Bertz CT molecular complexity index is 1220. The van der Waals surface area contributed by atoms with Gasteiger partial charge in [0, 0.05) is 17.9 Å². The molecule has 1 atom stereocenters. The Morgan fingerprint density at radius 3 is 2.68 bits per heavy atom. The number of fused-ring (bicyclic) bond motifs is 2. The summed E-state index contributed by atoms with van der Waals surface area (Å²) in [4.78, 5) is 26.1. The number of nitrogens with zero attached hydrogens (tertiary/aromatic N) is 1. The topological polar surface area (TPSA) is 60.3 Å². The third-order valence-corrected chi connectivity index (χ3v) is 7.54. The first-order chi connectivity index (χ1) is 15.1. The number of thioether (sulfide) groups is 1. The first kappa shape index (κ1) is 20.3. The van der Waals surface area contributed by atoms with Crippen LogP contribution in [-0.4, -0.2) is 30.4 Å². The molecular formula is C25H26N2O3S. The van der Waals surface area contributed by atoms with Crippen molar-refractivity contribution in [2.24, 2.45) is 0 Å². The van der Waals surface area contributed by atoms with E-state index in [1.165, 1.54) is 29.0 Å². The average molecular weight is 435 g/mol. The predicted octanol–water partition coefficient (Wildman–Crippen LogP) is 4.01. The molecule has 1 fully saturated rings. The zero-order valence-corrected chi connectivity index (χ0v) is 18.6. The highest BCUT2D eigenvalue weighted by molar-refractivity contribution is 7.99. The standard InChI is InChI=1S/C25H26N2O3S/c1-26-13-20-19(12-17-8-5-7-15-6-3-4-9-18(15)17)22(16-10-11-16)24-27(23(20)28)21(14-31-24)25(29)30-2/h3-9,16,21,26H,10-14H2,1-2H3/t21-/m0/s1. The minimum absolute atomic E-state index is 0.0654. The van der Waals surface area contributed by atoms with E-state index in [-0.39, 0.29) is 11.5 Å². The highest BCUT2D eigenvalue weighted by Crippen LogP contribution is 2.49. The lowest BCUT2D eigenvalue weighted by Gasteiger charge is -2.21. The third-order valence-electron chi connectivity index (χ3n) is 6.36. The Morgan fingerprint density at radius 1 is 1.16 bits per heavy atom. The molecule has 0 spiro atoms. The summed E-state index contributed by atoms with van der Waals surface area (Å²) in [5, 5.41) is 6.59. The lowest BCUT2D eigenvalue weighted by atomic mass is 9.91. The number of carbonyl (C=O) groups excluding carboxylic acids is 1. The highest BCUT2D eigenvalue weighted by atomic mass is 32.2. The molecule has 1 aliphatic heterocycles. The van der Waals surface area contributed by atoms with Crippen molar-refractivity contribution >= 4 is 28.5 Å². The van der Waals surface area contributed by atoms with Crippen LogP contribution in [0.4, 0.5) is 0 Å². The molecular weight excluding hydrogens is 408 g/mol. The van der Waals surface area contributed by atoms with Crippen LogP contribution in [0.2, 0.25) is 0 Å². The van der Waals surface area contributed by atoms with Gasteiger partial charge in [-0.1, -0.05) is 42.5 Å². The molecule has 0 bridgehead atoms. The normalized spacial score (nSPS) is 17.7. The molecule has 160 valence electrons. The third kappa shape index (κ3) is 3.48. The van der Waals surface area contributed by atoms with Crippen LogP contribution in [0.25, 0.3) is 10.8 Å². The van der Waals surface area contributed by atoms with Gasteiger partial charge in [-0.3, -0.25) is 9.36 Å². The number of benzene rings is 2. The molecule has 0 unspecified atom stereocenters. The monoisotopic (exact) mass is 434 g/mol. The molecule has 1 N–H and O–H groups in total. The number of aromatic nitrogens is 1. The molecule has 1 saturated carbocycles. The van der Waals surface area contributed by atoms with Crippen molar-refractivity contribution in [3.63, 3.8) is 0 Å². The Balaban J connectivity index is 1.73. The number of pyridine rings is 1. The van der Waals surface area contributed by atoms with E-state index in [4.69, 9.17) is 4.74 Å². The van der Waals surface area contributed by atoms with Crippen molar-refractivity contribution < 1.29 is 9.53 Å². The van der Waals surface area contributed by atoms with Gasteiger partial charge in [-0.25, -0.2) is 4.79 Å². The van der Waals surface area contributed by atoms with Crippen LogP contribution >= 0.6 is 11.8 Å². The van der Waals surface area contributed by atoms with Crippen molar-refractivity contribution in [3.05, 3.63) is 75.1 Å². The Morgan fingerprint density at radius 2 is 1.94 bits per heavy atom. The summed E-state index contributed by atoms with van der Waals surface area (Å²) < 4.78 is 6.72. The maximum Gasteiger partial charge on any atom is 0.329 e. The van der Waals surface area contributed by atoms with E-state index in [9.17, 15) is 9.59 Å². The van der Waals surface area contributed by atoms with Crippen LogP contribution in [0.3, 0.4) is 0 Å². The Hall–Kier alpha value is -2.57. The number of nitrogens with one attached hydrogen (secondary N) is 1. The second-order valence-corrected chi connectivity index (χ2v) is 9.33. The maximum absolute atomic E-state index is 13.7. The van der Waals surface area contributed by atoms with Crippen molar-refractivity contribution in [2.75, 3.05) is 19.9 Å². The van der Waals surface area contributed by atoms with E-state index in [0.29, 0.717) is 18.2 Å². The first-order valence-electron chi connectivity index (χ1n) is 10.8. The van der Waals surface area contributed by atoms with Crippen LogP contribution in [0, 0.1) is 0 Å². The summed E-state index contributed by atoms with van der Waals surface area (Å²) >= 11 is 1.63. The zero-order chi connectivity index (χ0) is 21.5. The summed E-state index contributed by atoms with van der Waals surface area (Å²) in [5.41, 5.74) is 4.35. The summed E-state index contributed by atoms with van der Waals surface area (Å²) in [6.45, 7) is 0.484. The van der Waals surface area contributed by atoms with Gasteiger partial charge in [-0.15, -0.1) is 11.8 Å². The molecule has 2 aliphatic rings. The van der Waals surface area contributed by atoms with Gasteiger partial charge in [0.25, 0.3) is 5.56 Å². The fraction of sp³-hybridized carbons (Fsp3) is 0.360. The van der Waals surface area contributed by atoms with Crippen LogP contribution < -0.4 is 10.9 Å². The summed E-state index contributed by atoms with van der Waals surface area (Å²) in [5.74, 6) is 0.678. The lowest BCUT2D eigenvalue weighted by Crippen LogP contribution is -2.34. The van der Waals surface area contributed by atoms with Crippen molar-refractivity contribution in [1.29, 1.82) is 0 Å². The van der Waals surface area contributed by atoms with E-state index in [2.05, 4.69) is 47.8 Å². The molecule has 2 heterocycles. The van der Waals surface area contributed by atoms with Gasteiger partial charge in [-0.2, -0.15) is 0 Å². The first-order valence-corrected chi connectivity index (χ1v) is 11.7. The molecule has 6 heteroatoms. The molecule has 5 rings (SSSR count). The number of methoxy groups -OCH3 is 1. The number of carbonyl (C=O) groups is 1. The smallest absolute Gasteiger partial charge is 0.329 e. The SMILES string of the molecule is CNCc1c(Cc2cccc3ccccc23)c(C2CC2)c2n(c1=O)[C@H](C(=O)OC)CS2. The molecule has 2 aromatic carbocycles. The van der Waals surface area contributed by atoms with Gasteiger partial charge >= 0.3 is 5.97 Å². The van der Waals surface area contributed by atoms with E-state index < -0.39 is 6.04 Å². The lowest BCUT2D eigenvalue weighted by molar-refractivity contribution is -0.143. The second-order valence-electron chi connectivity index (χ2n) is 8.32. The summed E-state index contributed by atoms with van der Waals surface area (Å²) in [6.07, 6.45) is 2.99. The van der Waals surface area contributed by atoms with Crippen molar-refractivity contribution in [2.45, 2.75) is 42.8 Å². The molecule has 31 heavy (non-hydrogen) atoms. The van der Waals surface area contributed by atoms with Gasteiger partial charge in [0.05, 0.1) is 12.1 Å². The number of ether oxygens (including phenoxy) is 1. The zero-order valence-electron chi connectivity index (χ0n) is 17.8. The van der Waals surface area contributed by atoms with Crippen LogP contribution in [-0.2, 0) is 22.5 Å². The highest BCUT2D eigenvalue weighted by Gasteiger charge is 2.39. The van der Waals surface area contributed by atoms with E-state index in [1.54, 1.807) is 16.3 Å². The molecule has 5 nitrogen and oxygen atoms in total. The fourth-order valence-corrected chi connectivity index (χ4v) is 6.15. The Labute approximate surface area is 185 Å². The number of hydrogen-bond donors (Lipinski definition) is 1. The van der Waals surface area contributed by atoms with Gasteiger partial charge in [-0.05, 0) is 59.7 Å². The minimum Gasteiger partial charge on any atom is -0.467 e. The molecule has 0 radical (unpaired) electrons. The minimum atomic E-state index is -0.544. The van der Waals surface area contributed by atoms with E-state index in [0.717, 1.165) is 35.4 Å². The quantitative estimate of drug-likeness (QED) is 0.594. The fourth-order valence-electron chi connectivity index (χ4n) is 4.75. The van der Waals surface area contributed by atoms with Gasteiger partial charge in [0.15, 0.2) is 0 Å². The van der Waals surface area contributed by atoms with E-state index in [1.807, 2.05) is 7.05 Å². The molecule has 3 aromatic rings. The van der Waals surface area contributed by atoms with Crippen molar-refractivity contribution in [3.8, 4) is 0 Å². The van der Waals surface area contributed by atoms with E-state index >= 15 is 0 Å². The largest absolute Gasteiger partial charge is 0.467 e. The number of esters is 1.